The fourth-order valence-corrected chi connectivity index (χ4v) is 3.10. The van der Waals surface area contributed by atoms with Crippen LogP contribution in [0.4, 0.5) is 5.69 Å². The monoisotopic (exact) mass is 318 g/mol. The second kappa shape index (κ2) is 7.07. The van der Waals surface area contributed by atoms with Crippen molar-refractivity contribution in [3.05, 3.63) is 94.2 Å². The van der Waals surface area contributed by atoms with E-state index in [4.69, 9.17) is 10.7 Å². The largest absolute Gasteiger partial charge is 0.398 e. The topological polar surface area (TPSA) is 38.4 Å². The van der Waals surface area contributed by atoms with Crippen LogP contribution in [0.25, 0.3) is 5.70 Å². The van der Waals surface area contributed by atoms with Gasteiger partial charge in [0.1, 0.15) is 0 Å². The van der Waals surface area contributed by atoms with Crippen LogP contribution in [0, 0.1) is 0 Å². The predicted molar refractivity (Wildman–Crippen MR) is 100 cm³/mol. The van der Waals surface area contributed by atoms with Crippen LogP contribution in [0.2, 0.25) is 0 Å². The van der Waals surface area contributed by atoms with Gasteiger partial charge in [0, 0.05) is 5.70 Å². The number of hydrogen-bond acceptors (Lipinski definition) is 3. The third-order valence-corrected chi connectivity index (χ3v) is 4.47. The molecular formula is C20H18N2S. The molecular weight excluding hydrogens is 300 g/mol. The quantitative estimate of drug-likeness (QED) is 0.655. The summed E-state index contributed by atoms with van der Waals surface area (Å²) in [7, 11) is 0. The zero-order valence-corrected chi connectivity index (χ0v) is 13.8. The highest BCUT2D eigenvalue weighted by Crippen LogP contribution is 2.24. The first kappa shape index (κ1) is 15.3. The molecule has 0 unspecified atom stereocenters. The van der Waals surface area contributed by atoms with Crippen LogP contribution in [-0.2, 0) is 0 Å². The smallest absolute Gasteiger partial charge is 0.0858 e. The van der Waals surface area contributed by atoms with E-state index >= 15 is 0 Å². The van der Waals surface area contributed by atoms with Crippen molar-refractivity contribution in [2.24, 2.45) is 10.7 Å². The second-order valence-corrected chi connectivity index (χ2v) is 6.13. The number of allylic oxidation sites excluding steroid dienone is 1. The lowest BCUT2D eigenvalue weighted by atomic mass is 10.0. The zero-order valence-electron chi connectivity index (χ0n) is 12.9. The van der Waals surface area contributed by atoms with Crippen LogP contribution >= 0.6 is 11.3 Å². The van der Waals surface area contributed by atoms with Crippen molar-refractivity contribution in [1.29, 1.82) is 0 Å². The maximum Gasteiger partial charge on any atom is 0.0858 e. The summed E-state index contributed by atoms with van der Waals surface area (Å²) in [6, 6.07) is 24.1. The fourth-order valence-electron chi connectivity index (χ4n) is 2.33. The molecule has 2 aromatic carbocycles. The molecule has 0 amide bonds. The Kier molecular flexibility index (Phi) is 4.69. The maximum absolute atomic E-state index is 6.40. The number of nitrogens with two attached hydrogens (primary N) is 1. The summed E-state index contributed by atoms with van der Waals surface area (Å²) in [4.78, 5) is 5.95. The Hall–Kier alpha value is -2.65. The van der Waals surface area contributed by atoms with Gasteiger partial charge in [0.15, 0.2) is 0 Å². The SMILES string of the molecule is C/C(C(=Nc1ccccc1)c1cccs1)=C(/N)c1ccccc1. The van der Waals surface area contributed by atoms with Crippen molar-refractivity contribution in [3.63, 3.8) is 0 Å². The molecule has 3 rings (SSSR count). The molecule has 0 aliphatic rings. The number of benzene rings is 2. The minimum atomic E-state index is 0.758. The van der Waals surface area contributed by atoms with E-state index in [1.165, 1.54) is 0 Å². The number of hydrogen-bond donors (Lipinski definition) is 1. The van der Waals surface area contributed by atoms with Crippen molar-refractivity contribution in [2.75, 3.05) is 0 Å². The zero-order chi connectivity index (χ0) is 16.1. The maximum atomic E-state index is 6.40. The lowest BCUT2D eigenvalue weighted by Crippen LogP contribution is -2.08. The average molecular weight is 318 g/mol. The molecule has 0 saturated carbocycles. The molecule has 0 aliphatic heterocycles. The van der Waals surface area contributed by atoms with E-state index in [1.807, 2.05) is 73.7 Å². The van der Waals surface area contributed by atoms with E-state index in [0.29, 0.717) is 0 Å². The van der Waals surface area contributed by atoms with Gasteiger partial charge in [-0.05, 0) is 41.6 Å². The number of rotatable bonds is 4. The molecule has 2 N–H and O–H groups in total. The minimum absolute atomic E-state index is 0.758. The predicted octanol–water partition coefficient (Wildman–Crippen LogP) is 5.26. The molecule has 0 saturated heterocycles. The first-order valence-electron chi connectivity index (χ1n) is 7.45. The summed E-state index contributed by atoms with van der Waals surface area (Å²) in [6.45, 7) is 2.03. The summed E-state index contributed by atoms with van der Waals surface area (Å²) in [5.41, 5.74) is 11.0. The Balaban J connectivity index is 2.11. The summed E-state index contributed by atoms with van der Waals surface area (Å²) in [5, 5.41) is 2.06. The van der Waals surface area contributed by atoms with E-state index < -0.39 is 0 Å². The first-order chi connectivity index (χ1) is 11.3. The van der Waals surface area contributed by atoms with Crippen LogP contribution in [0.15, 0.2) is 88.7 Å². The lowest BCUT2D eigenvalue weighted by molar-refractivity contribution is 1.42. The van der Waals surface area contributed by atoms with Crippen LogP contribution in [0.5, 0.6) is 0 Å². The molecule has 3 heteroatoms. The van der Waals surface area contributed by atoms with E-state index in [-0.39, 0.29) is 0 Å². The Labute approximate surface area is 140 Å². The highest BCUT2D eigenvalue weighted by atomic mass is 32.1. The summed E-state index contributed by atoms with van der Waals surface area (Å²) in [6.07, 6.45) is 0. The first-order valence-corrected chi connectivity index (χ1v) is 8.33. The molecule has 0 atom stereocenters. The van der Waals surface area contributed by atoms with Crippen molar-refractivity contribution in [2.45, 2.75) is 6.92 Å². The molecule has 0 aliphatic carbocycles. The van der Waals surface area contributed by atoms with E-state index in [2.05, 4.69) is 11.4 Å². The summed E-state index contributed by atoms with van der Waals surface area (Å²) in [5.74, 6) is 0. The molecule has 0 radical (unpaired) electrons. The normalized spacial score (nSPS) is 12.8. The van der Waals surface area contributed by atoms with Crippen LogP contribution in [0.1, 0.15) is 17.4 Å². The van der Waals surface area contributed by atoms with Gasteiger partial charge in [-0.25, -0.2) is 4.99 Å². The number of nitrogens with zero attached hydrogens (tertiary/aromatic N) is 1. The molecule has 2 nitrogen and oxygen atoms in total. The molecule has 114 valence electrons. The minimum Gasteiger partial charge on any atom is -0.398 e. The molecule has 0 spiro atoms. The van der Waals surface area contributed by atoms with Crippen LogP contribution < -0.4 is 5.73 Å². The van der Waals surface area contributed by atoms with E-state index in [0.717, 1.165) is 33.1 Å². The van der Waals surface area contributed by atoms with Crippen molar-refractivity contribution >= 4 is 28.4 Å². The van der Waals surface area contributed by atoms with Gasteiger partial charge in [0.25, 0.3) is 0 Å². The number of para-hydroxylation sites is 1. The van der Waals surface area contributed by atoms with E-state index in [9.17, 15) is 0 Å². The van der Waals surface area contributed by atoms with Crippen LogP contribution in [-0.4, -0.2) is 5.71 Å². The van der Waals surface area contributed by atoms with Gasteiger partial charge in [-0.2, -0.15) is 0 Å². The van der Waals surface area contributed by atoms with Gasteiger partial charge in [-0.3, -0.25) is 0 Å². The Morgan fingerprint density at radius 1 is 0.870 bits per heavy atom. The molecule has 3 aromatic rings. The average Bonchev–Trinajstić information content (AvgIpc) is 3.14. The van der Waals surface area contributed by atoms with Gasteiger partial charge in [0.2, 0.25) is 0 Å². The van der Waals surface area contributed by atoms with E-state index in [1.54, 1.807) is 11.3 Å². The van der Waals surface area contributed by atoms with Crippen molar-refractivity contribution in [3.8, 4) is 0 Å². The Morgan fingerprint density at radius 2 is 1.52 bits per heavy atom. The number of aliphatic imine (C=N–C) groups is 1. The molecule has 0 fully saturated rings. The highest BCUT2D eigenvalue weighted by molar-refractivity contribution is 7.12. The summed E-state index contributed by atoms with van der Waals surface area (Å²) >= 11 is 1.67. The van der Waals surface area contributed by atoms with Crippen molar-refractivity contribution in [1.82, 2.24) is 0 Å². The number of thiophene rings is 1. The fraction of sp³-hybridized carbons (Fsp3) is 0.0500. The van der Waals surface area contributed by atoms with Gasteiger partial charge < -0.3 is 5.73 Å². The van der Waals surface area contributed by atoms with Gasteiger partial charge in [-0.1, -0.05) is 54.6 Å². The second-order valence-electron chi connectivity index (χ2n) is 5.18. The highest BCUT2D eigenvalue weighted by Gasteiger charge is 2.12. The molecule has 23 heavy (non-hydrogen) atoms. The van der Waals surface area contributed by atoms with Gasteiger partial charge in [-0.15, -0.1) is 11.3 Å². The van der Waals surface area contributed by atoms with Crippen LogP contribution in [0.3, 0.4) is 0 Å². The van der Waals surface area contributed by atoms with Crippen molar-refractivity contribution < 1.29 is 0 Å². The molecule has 1 aromatic heterocycles. The summed E-state index contributed by atoms with van der Waals surface area (Å²) < 4.78 is 0. The van der Waals surface area contributed by atoms with Gasteiger partial charge >= 0.3 is 0 Å². The van der Waals surface area contributed by atoms with Gasteiger partial charge in [0.05, 0.1) is 16.3 Å². The Bertz CT molecular complexity index is 817. The third kappa shape index (κ3) is 3.58. The molecule has 0 bridgehead atoms. The Morgan fingerprint density at radius 3 is 2.13 bits per heavy atom. The third-order valence-electron chi connectivity index (χ3n) is 3.60. The standard InChI is InChI=1S/C20H18N2S/c1-15(19(21)16-9-4-2-5-10-16)20(18-13-8-14-23-18)22-17-11-6-3-7-12-17/h2-14H,21H2,1H3/b19-15-,22-20?. The molecule has 1 heterocycles. The lowest BCUT2D eigenvalue weighted by Gasteiger charge is -2.10.